The van der Waals surface area contributed by atoms with Crippen molar-refractivity contribution in [1.29, 1.82) is 0 Å². The van der Waals surface area contributed by atoms with Crippen molar-refractivity contribution in [3.8, 4) is 11.5 Å². The molecule has 0 saturated heterocycles. The van der Waals surface area contributed by atoms with Crippen molar-refractivity contribution in [1.82, 2.24) is 5.32 Å². The maximum atomic E-state index is 5.94. The van der Waals surface area contributed by atoms with Crippen molar-refractivity contribution in [3.05, 3.63) is 59.2 Å². The number of aryl methyl sites for hydroxylation is 1. The Balaban J connectivity index is 1.82. The summed E-state index contributed by atoms with van der Waals surface area (Å²) in [5.41, 5.74) is 3.56. The molecule has 26 heavy (non-hydrogen) atoms. The highest BCUT2D eigenvalue weighted by atomic mass is 16.5. The van der Waals surface area contributed by atoms with Crippen LogP contribution in [0, 0.1) is 6.92 Å². The van der Waals surface area contributed by atoms with E-state index in [-0.39, 0.29) is 0 Å². The zero-order valence-corrected chi connectivity index (χ0v) is 16.4. The number of hydrogen-bond acceptors (Lipinski definition) is 4. The van der Waals surface area contributed by atoms with Gasteiger partial charge in [-0.3, -0.25) is 0 Å². The predicted octanol–water partition coefficient (Wildman–Crippen LogP) is 4.49. The molecule has 0 aliphatic rings. The van der Waals surface area contributed by atoms with Gasteiger partial charge in [-0.25, -0.2) is 0 Å². The van der Waals surface area contributed by atoms with Crippen molar-refractivity contribution in [2.75, 3.05) is 20.3 Å². The van der Waals surface area contributed by atoms with E-state index in [1.807, 2.05) is 18.2 Å². The molecule has 0 aliphatic heterocycles. The molecule has 0 amide bonds. The van der Waals surface area contributed by atoms with E-state index in [9.17, 15) is 0 Å². The lowest BCUT2D eigenvalue weighted by Gasteiger charge is -2.13. The van der Waals surface area contributed by atoms with Gasteiger partial charge < -0.3 is 19.5 Å². The quantitative estimate of drug-likeness (QED) is 0.602. The van der Waals surface area contributed by atoms with Crippen LogP contribution in [0.2, 0.25) is 0 Å². The van der Waals surface area contributed by atoms with Crippen LogP contribution >= 0.6 is 0 Å². The normalized spacial score (nSPS) is 11.0. The van der Waals surface area contributed by atoms with E-state index in [0.29, 0.717) is 12.7 Å². The molecule has 2 aromatic rings. The highest BCUT2D eigenvalue weighted by Crippen LogP contribution is 2.29. The molecule has 2 aromatic carbocycles. The average molecular weight is 357 g/mol. The second-order valence-electron chi connectivity index (χ2n) is 6.71. The van der Waals surface area contributed by atoms with Gasteiger partial charge in [0.15, 0.2) is 11.5 Å². The average Bonchev–Trinajstić information content (AvgIpc) is 2.63. The number of methoxy groups -OCH3 is 1. The van der Waals surface area contributed by atoms with Gasteiger partial charge in [-0.15, -0.1) is 0 Å². The molecule has 1 N–H and O–H groups in total. The van der Waals surface area contributed by atoms with Crippen LogP contribution in [0.25, 0.3) is 0 Å². The highest BCUT2D eigenvalue weighted by molar-refractivity contribution is 5.43. The largest absolute Gasteiger partial charge is 0.493 e. The van der Waals surface area contributed by atoms with Crippen LogP contribution in [0.1, 0.15) is 37.0 Å². The smallest absolute Gasteiger partial charge is 0.161 e. The second-order valence-corrected chi connectivity index (χ2v) is 6.71. The summed E-state index contributed by atoms with van der Waals surface area (Å²) >= 11 is 0. The number of hydrogen-bond donors (Lipinski definition) is 1. The van der Waals surface area contributed by atoms with Crippen LogP contribution in [0.15, 0.2) is 42.5 Å². The Hall–Kier alpha value is -2.04. The lowest BCUT2D eigenvalue weighted by Crippen LogP contribution is -2.17. The van der Waals surface area contributed by atoms with Gasteiger partial charge in [-0.2, -0.15) is 0 Å². The van der Waals surface area contributed by atoms with Gasteiger partial charge in [0, 0.05) is 13.2 Å². The maximum Gasteiger partial charge on any atom is 0.161 e. The molecule has 0 aromatic heterocycles. The first-order valence-corrected chi connectivity index (χ1v) is 9.26. The van der Waals surface area contributed by atoms with Crippen LogP contribution < -0.4 is 14.8 Å². The van der Waals surface area contributed by atoms with Gasteiger partial charge >= 0.3 is 0 Å². The Kier molecular flexibility index (Phi) is 8.45. The first kappa shape index (κ1) is 20.3. The van der Waals surface area contributed by atoms with Crippen LogP contribution in [-0.2, 0) is 17.9 Å². The highest BCUT2D eigenvalue weighted by Gasteiger charge is 2.06. The Bertz CT molecular complexity index is 670. The van der Waals surface area contributed by atoms with Crippen LogP contribution in [-0.4, -0.2) is 26.4 Å². The molecule has 0 heterocycles. The van der Waals surface area contributed by atoms with Crippen molar-refractivity contribution < 1.29 is 14.2 Å². The molecule has 4 nitrogen and oxygen atoms in total. The molecular weight excluding hydrogens is 326 g/mol. The minimum atomic E-state index is 0.298. The van der Waals surface area contributed by atoms with Gasteiger partial charge in [0.25, 0.3) is 0 Å². The van der Waals surface area contributed by atoms with Crippen molar-refractivity contribution in [2.24, 2.45) is 0 Å². The summed E-state index contributed by atoms with van der Waals surface area (Å²) in [7, 11) is 1.68. The number of rotatable bonds is 11. The molecule has 0 atom stereocenters. The fourth-order valence-electron chi connectivity index (χ4n) is 2.65. The summed E-state index contributed by atoms with van der Waals surface area (Å²) < 4.78 is 17.0. The monoisotopic (exact) mass is 357 g/mol. The van der Waals surface area contributed by atoms with Crippen LogP contribution in [0.4, 0.5) is 0 Å². The summed E-state index contributed by atoms with van der Waals surface area (Å²) in [4.78, 5) is 0. The van der Waals surface area contributed by atoms with Gasteiger partial charge in [0.1, 0.15) is 6.61 Å². The molecule has 0 spiro atoms. The molecule has 0 radical (unpaired) electrons. The van der Waals surface area contributed by atoms with Gasteiger partial charge in [-0.05, 0) is 57.0 Å². The van der Waals surface area contributed by atoms with E-state index in [2.05, 4.69) is 50.4 Å². The maximum absolute atomic E-state index is 5.94. The Morgan fingerprint density at radius 3 is 2.58 bits per heavy atom. The van der Waals surface area contributed by atoms with E-state index < -0.39 is 0 Å². The third-order valence-corrected chi connectivity index (χ3v) is 3.98. The fraction of sp³-hybridized carbons (Fsp3) is 0.455. The minimum absolute atomic E-state index is 0.298. The molecule has 0 saturated carbocycles. The van der Waals surface area contributed by atoms with Crippen molar-refractivity contribution >= 4 is 0 Å². The van der Waals surface area contributed by atoms with Crippen molar-refractivity contribution in [2.45, 2.75) is 46.4 Å². The zero-order chi connectivity index (χ0) is 18.8. The lowest BCUT2D eigenvalue weighted by atomic mass is 10.1. The van der Waals surface area contributed by atoms with Crippen molar-refractivity contribution in [3.63, 3.8) is 0 Å². The first-order chi connectivity index (χ1) is 12.6. The molecule has 2 rings (SSSR count). The molecule has 0 fully saturated rings. The Labute approximate surface area is 157 Å². The fourth-order valence-corrected chi connectivity index (χ4v) is 2.65. The lowest BCUT2D eigenvalue weighted by molar-refractivity contribution is 0.0770. The molecular formula is C22H31NO3. The van der Waals surface area contributed by atoms with Gasteiger partial charge in [0.2, 0.25) is 0 Å². The standard InChI is InChI=1S/C22H31NO3/c1-17(2)25-12-6-11-23-15-19-9-10-21(22(14-19)24-4)26-16-20-8-5-7-18(3)13-20/h5,7-10,13-14,17,23H,6,11-12,15-16H2,1-4H3. The van der Waals surface area contributed by atoms with Crippen LogP contribution in [0.5, 0.6) is 11.5 Å². The van der Waals surface area contributed by atoms with E-state index in [4.69, 9.17) is 14.2 Å². The topological polar surface area (TPSA) is 39.7 Å². The SMILES string of the molecule is COc1cc(CNCCCOC(C)C)ccc1OCc1cccc(C)c1. The summed E-state index contributed by atoms with van der Waals surface area (Å²) in [5, 5.41) is 3.43. The zero-order valence-electron chi connectivity index (χ0n) is 16.4. The first-order valence-electron chi connectivity index (χ1n) is 9.26. The number of nitrogens with one attached hydrogen (secondary N) is 1. The van der Waals surface area contributed by atoms with E-state index in [0.717, 1.165) is 43.2 Å². The van der Waals surface area contributed by atoms with Gasteiger partial charge in [-0.1, -0.05) is 35.9 Å². The van der Waals surface area contributed by atoms with E-state index >= 15 is 0 Å². The van der Waals surface area contributed by atoms with Crippen LogP contribution in [0.3, 0.4) is 0 Å². The van der Waals surface area contributed by atoms with Gasteiger partial charge in [0.05, 0.1) is 13.2 Å². The molecule has 4 heteroatoms. The summed E-state index contributed by atoms with van der Waals surface area (Å²) in [6.07, 6.45) is 1.30. The molecule has 0 bridgehead atoms. The number of benzene rings is 2. The molecule has 0 aliphatic carbocycles. The minimum Gasteiger partial charge on any atom is -0.493 e. The Morgan fingerprint density at radius 1 is 1.00 bits per heavy atom. The third kappa shape index (κ3) is 7.06. The summed E-state index contributed by atoms with van der Waals surface area (Å²) in [6.45, 7) is 9.26. The number of ether oxygens (including phenoxy) is 3. The Morgan fingerprint density at radius 2 is 1.85 bits per heavy atom. The summed E-state index contributed by atoms with van der Waals surface area (Å²) in [6, 6.07) is 14.4. The van der Waals surface area contributed by atoms with E-state index in [1.165, 1.54) is 11.1 Å². The summed E-state index contributed by atoms with van der Waals surface area (Å²) in [5.74, 6) is 1.53. The predicted molar refractivity (Wildman–Crippen MR) is 106 cm³/mol. The van der Waals surface area contributed by atoms with E-state index in [1.54, 1.807) is 7.11 Å². The molecule has 142 valence electrons. The third-order valence-electron chi connectivity index (χ3n) is 3.98. The second kappa shape index (κ2) is 10.8. The molecule has 0 unspecified atom stereocenters.